The van der Waals surface area contributed by atoms with Crippen LogP contribution in [0.25, 0.3) is 11.0 Å². The Bertz CT molecular complexity index is 883. The van der Waals surface area contributed by atoms with E-state index in [-0.39, 0.29) is 4.90 Å². The molecule has 0 spiro atoms. The average molecular weight is 284 g/mol. The largest absolute Gasteiger partial charge is 0.269 e. The van der Waals surface area contributed by atoms with Crippen molar-refractivity contribution < 1.29 is 8.42 Å². The average Bonchev–Trinajstić information content (AvgIpc) is 2.78. The molecule has 0 amide bonds. The zero-order chi connectivity index (χ0) is 14.3. The number of rotatable bonds is 2. The van der Waals surface area contributed by atoms with Gasteiger partial charge in [-0.05, 0) is 25.1 Å². The van der Waals surface area contributed by atoms with E-state index in [0.717, 1.165) is 16.4 Å². The van der Waals surface area contributed by atoms with Gasteiger partial charge in [0.15, 0.2) is 5.65 Å². The molecule has 0 fully saturated rings. The van der Waals surface area contributed by atoms with E-state index >= 15 is 0 Å². The molecular formula is C14H13BN2O2S. The van der Waals surface area contributed by atoms with Gasteiger partial charge in [-0.25, -0.2) is 17.4 Å². The maximum atomic E-state index is 12.7. The normalized spacial score (nSPS) is 11.8. The van der Waals surface area contributed by atoms with Crippen LogP contribution in [0.4, 0.5) is 0 Å². The van der Waals surface area contributed by atoms with E-state index in [9.17, 15) is 8.42 Å². The summed E-state index contributed by atoms with van der Waals surface area (Å²) in [5.41, 5.74) is 2.38. The van der Waals surface area contributed by atoms with Crippen LogP contribution in [0.2, 0.25) is 0 Å². The molecule has 0 saturated carbocycles. The number of benzene rings is 1. The number of aromatic nitrogens is 2. The number of pyridine rings is 1. The van der Waals surface area contributed by atoms with Crippen LogP contribution in [0.5, 0.6) is 0 Å². The molecule has 100 valence electrons. The van der Waals surface area contributed by atoms with Crippen molar-refractivity contribution >= 4 is 34.4 Å². The van der Waals surface area contributed by atoms with Gasteiger partial charge in [-0.1, -0.05) is 29.2 Å². The SMILES string of the molecule is Bc1cn(S(=O)(=O)c2ccc(C)cc2)c2ncccc12. The second-order valence-corrected chi connectivity index (χ2v) is 6.62. The second kappa shape index (κ2) is 4.49. The summed E-state index contributed by atoms with van der Waals surface area (Å²) in [5.74, 6) is 0. The Kier molecular flexibility index (Phi) is 2.90. The van der Waals surface area contributed by atoms with Crippen molar-refractivity contribution in [2.75, 3.05) is 0 Å². The van der Waals surface area contributed by atoms with Gasteiger partial charge in [-0.3, -0.25) is 0 Å². The Labute approximate surface area is 118 Å². The van der Waals surface area contributed by atoms with E-state index in [0.29, 0.717) is 5.65 Å². The zero-order valence-electron chi connectivity index (χ0n) is 11.2. The summed E-state index contributed by atoms with van der Waals surface area (Å²) in [6.07, 6.45) is 3.22. The summed E-state index contributed by atoms with van der Waals surface area (Å²) >= 11 is 0. The monoisotopic (exact) mass is 284 g/mol. The molecule has 0 atom stereocenters. The molecule has 3 rings (SSSR count). The molecule has 0 aliphatic carbocycles. The van der Waals surface area contributed by atoms with Crippen LogP contribution in [0.3, 0.4) is 0 Å². The van der Waals surface area contributed by atoms with Crippen LogP contribution < -0.4 is 5.46 Å². The van der Waals surface area contributed by atoms with E-state index in [1.807, 2.05) is 20.8 Å². The van der Waals surface area contributed by atoms with Crippen LogP contribution in [0, 0.1) is 6.92 Å². The van der Waals surface area contributed by atoms with E-state index in [4.69, 9.17) is 0 Å². The molecule has 4 nitrogen and oxygen atoms in total. The van der Waals surface area contributed by atoms with Gasteiger partial charge in [0, 0.05) is 17.8 Å². The molecule has 0 unspecified atom stereocenters. The first-order valence-electron chi connectivity index (χ1n) is 6.25. The number of hydrogen-bond donors (Lipinski definition) is 0. The summed E-state index contributed by atoms with van der Waals surface area (Å²) in [5, 5.41) is 0.850. The first kappa shape index (κ1) is 12.9. The van der Waals surface area contributed by atoms with E-state index in [1.54, 1.807) is 42.7 Å². The molecule has 2 aromatic heterocycles. The highest BCUT2D eigenvalue weighted by molar-refractivity contribution is 7.90. The molecule has 0 aliphatic heterocycles. The van der Waals surface area contributed by atoms with Gasteiger partial charge in [0.25, 0.3) is 10.0 Å². The van der Waals surface area contributed by atoms with Crippen molar-refractivity contribution in [1.29, 1.82) is 0 Å². The molecule has 0 bridgehead atoms. The van der Waals surface area contributed by atoms with Crippen molar-refractivity contribution in [1.82, 2.24) is 8.96 Å². The molecule has 6 heteroatoms. The first-order chi connectivity index (χ1) is 9.50. The lowest BCUT2D eigenvalue weighted by Gasteiger charge is -2.07. The van der Waals surface area contributed by atoms with Gasteiger partial charge in [0.2, 0.25) is 0 Å². The van der Waals surface area contributed by atoms with E-state index < -0.39 is 10.0 Å². The van der Waals surface area contributed by atoms with Crippen molar-refractivity contribution in [2.24, 2.45) is 0 Å². The molecule has 0 radical (unpaired) electrons. The topological polar surface area (TPSA) is 52.0 Å². The number of fused-ring (bicyclic) bond motifs is 1. The minimum absolute atomic E-state index is 0.269. The number of aryl methyl sites for hydroxylation is 1. The first-order valence-corrected chi connectivity index (χ1v) is 7.69. The molecule has 1 aromatic carbocycles. The minimum atomic E-state index is -3.61. The van der Waals surface area contributed by atoms with Gasteiger partial charge >= 0.3 is 0 Å². The Morgan fingerprint density at radius 3 is 2.55 bits per heavy atom. The molecule has 2 heterocycles. The molecule has 0 N–H and O–H groups in total. The van der Waals surface area contributed by atoms with E-state index in [1.165, 1.54) is 3.97 Å². The third-order valence-electron chi connectivity index (χ3n) is 3.31. The van der Waals surface area contributed by atoms with E-state index in [2.05, 4.69) is 4.98 Å². The van der Waals surface area contributed by atoms with Gasteiger partial charge < -0.3 is 0 Å². The van der Waals surface area contributed by atoms with Crippen LogP contribution >= 0.6 is 0 Å². The molecule has 0 saturated heterocycles. The third-order valence-corrected chi connectivity index (χ3v) is 4.97. The highest BCUT2D eigenvalue weighted by Gasteiger charge is 2.20. The molecular weight excluding hydrogens is 271 g/mol. The lowest BCUT2D eigenvalue weighted by atomic mass is 9.97. The Morgan fingerprint density at radius 1 is 1.15 bits per heavy atom. The van der Waals surface area contributed by atoms with Gasteiger partial charge in [0.05, 0.1) is 4.90 Å². The standard InChI is InChI=1S/C14H13BN2O2S/c1-10-4-6-11(7-5-10)20(18,19)17-9-13(15)12-3-2-8-16-14(12)17/h2-9H,15H2,1H3. The van der Waals surface area contributed by atoms with Crippen LogP contribution in [-0.4, -0.2) is 25.2 Å². The maximum Gasteiger partial charge on any atom is 0.269 e. The lowest BCUT2D eigenvalue weighted by Crippen LogP contribution is -2.13. The fraction of sp³-hybridized carbons (Fsp3) is 0.0714. The quantitative estimate of drug-likeness (QED) is 0.655. The van der Waals surface area contributed by atoms with Crippen molar-refractivity contribution in [3.05, 3.63) is 54.4 Å². The highest BCUT2D eigenvalue weighted by Crippen LogP contribution is 2.19. The summed E-state index contributed by atoms with van der Waals surface area (Å²) in [6.45, 7) is 1.92. The fourth-order valence-electron chi connectivity index (χ4n) is 2.19. The van der Waals surface area contributed by atoms with Gasteiger partial charge in [0.1, 0.15) is 7.85 Å². The Morgan fingerprint density at radius 2 is 1.85 bits per heavy atom. The highest BCUT2D eigenvalue weighted by atomic mass is 32.2. The number of hydrogen-bond acceptors (Lipinski definition) is 3. The summed E-state index contributed by atoms with van der Waals surface area (Å²) in [7, 11) is -1.73. The smallest absolute Gasteiger partial charge is 0.237 e. The lowest BCUT2D eigenvalue weighted by molar-refractivity contribution is 0.589. The zero-order valence-corrected chi connectivity index (χ0v) is 12.1. The molecule has 3 aromatic rings. The van der Waals surface area contributed by atoms with Gasteiger partial charge in [-0.15, -0.1) is 0 Å². The Balaban J connectivity index is 2.27. The van der Waals surface area contributed by atoms with Crippen molar-refractivity contribution in [3.63, 3.8) is 0 Å². The molecule has 0 aliphatic rings. The minimum Gasteiger partial charge on any atom is -0.237 e. The van der Waals surface area contributed by atoms with Crippen molar-refractivity contribution in [2.45, 2.75) is 11.8 Å². The van der Waals surface area contributed by atoms with Crippen molar-refractivity contribution in [3.8, 4) is 0 Å². The maximum absolute atomic E-state index is 12.7. The number of nitrogens with zero attached hydrogens (tertiary/aromatic N) is 2. The van der Waals surface area contributed by atoms with Crippen LogP contribution in [0.1, 0.15) is 5.56 Å². The predicted molar refractivity (Wildman–Crippen MR) is 81.7 cm³/mol. The van der Waals surface area contributed by atoms with Gasteiger partial charge in [-0.2, -0.15) is 0 Å². The summed E-state index contributed by atoms with van der Waals surface area (Å²) < 4.78 is 26.6. The third kappa shape index (κ3) is 1.93. The van der Waals surface area contributed by atoms with Crippen LogP contribution in [0.15, 0.2) is 53.7 Å². The summed E-state index contributed by atoms with van der Waals surface area (Å²) in [4.78, 5) is 4.46. The Hall–Kier alpha value is -2.08. The summed E-state index contributed by atoms with van der Waals surface area (Å²) in [6, 6.07) is 10.5. The molecule has 20 heavy (non-hydrogen) atoms. The fourth-order valence-corrected chi connectivity index (χ4v) is 3.57. The van der Waals surface area contributed by atoms with Crippen LogP contribution in [-0.2, 0) is 10.0 Å². The second-order valence-electron chi connectivity index (χ2n) is 4.80. The predicted octanol–water partition coefficient (Wildman–Crippen LogP) is 0.840.